The molecule has 1 aromatic rings. The highest BCUT2D eigenvalue weighted by Gasteiger charge is 2.16. The van der Waals surface area contributed by atoms with Gasteiger partial charge in [0.05, 0.1) is 0 Å². The van der Waals surface area contributed by atoms with Crippen molar-refractivity contribution in [3.05, 3.63) is 54.6 Å². The van der Waals surface area contributed by atoms with Gasteiger partial charge in [-0.1, -0.05) is 30.9 Å². The molecule has 0 saturated heterocycles. The Kier molecular flexibility index (Phi) is 4.33. The first-order valence-corrected chi connectivity index (χ1v) is 4.90. The van der Waals surface area contributed by atoms with Gasteiger partial charge in [0.25, 0.3) is 0 Å². The van der Waals surface area contributed by atoms with E-state index in [4.69, 9.17) is 4.74 Å². The van der Waals surface area contributed by atoms with Crippen LogP contribution in [0.4, 0.5) is 0 Å². The van der Waals surface area contributed by atoms with Crippen LogP contribution in [0.15, 0.2) is 43.5 Å². The summed E-state index contributed by atoms with van der Waals surface area (Å²) >= 11 is 0. The van der Waals surface area contributed by atoms with Crippen LogP contribution >= 0.6 is 0 Å². The maximum Gasteiger partial charge on any atom is 0.342 e. The summed E-state index contributed by atoms with van der Waals surface area (Å²) in [4.78, 5) is 11.7. The van der Waals surface area contributed by atoms with Crippen LogP contribution in [0.25, 0.3) is 0 Å². The van der Waals surface area contributed by atoms with Crippen molar-refractivity contribution in [2.75, 3.05) is 6.61 Å². The maximum atomic E-state index is 11.7. The third-order valence-electron chi connectivity index (χ3n) is 2.03. The first-order chi connectivity index (χ1) is 7.70. The number of hydrogen-bond acceptors (Lipinski definition) is 3. The lowest BCUT2D eigenvalue weighted by Crippen LogP contribution is -2.08. The molecule has 0 atom stereocenters. The molecule has 0 fully saturated rings. The number of benzene rings is 1. The first kappa shape index (κ1) is 12.0. The van der Waals surface area contributed by atoms with E-state index < -0.39 is 5.97 Å². The zero-order valence-electron chi connectivity index (χ0n) is 8.98. The molecular formula is C13H14O3. The Morgan fingerprint density at radius 3 is 2.75 bits per heavy atom. The standard InChI is InChI=1S/C13H14O3/c1-3-6-10-7-5-8-11(14)12(10)13(15)16-9-4-2/h3-5,7-8,14H,1-2,6,9H2. The van der Waals surface area contributed by atoms with Crippen molar-refractivity contribution in [1.29, 1.82) is 0 Å². The van der Waals surface area contributed by atoms with Crippen LogP contribution in [-0.2, 0) is 11.2 Å². The second kappa shape index (κ2) is 5.75. The molecule has 0 aliphatic carbocycles. The molecule has 0 heterocycles. The Morgan fingerprint density at radius 1 is 1.38 bits per heavy atom. The SMILES string of the molecule is C=CCOC(=O)c1c(O)cccc1CC=C. The number of phenols is 1. The highest BCUT2D eigenvalue weighted by molar-refractivity contribution is 5.94. The lowest BCUT2D eigenvalue weighted by molar-refractivity contribution is 0.0545. The summed E-state index contributed by atoms with van der Waals surface area (Å²) < 4.78 is 4.89. The molecule has 0 spiro atoms. The molecule has 1 rings (SSSR count). The van der Waals surface area contributed by atoms with Crippen LogP contribution in [0.1, 0.15) is 15.9 Å². The van der Waals surface area contributed by atoms with Crippen LogP contribution in [0, 0.1) is 0 Å². The number of esters is 1. The molecule has 84 valence electrons. The molecule has 3 heteroatoms. The van der Waals surface area contributed by atoms with Crippen molar-refractivity contribution in [1.82, 2.24) is 0 Å². The highest BCUT2D eigenvalue weighted by Crippen LogP contribution is 2.22. The Bertz CT molecular complexity index is 408. The minimum absolute atomic E-state index is 0.0755. The number of ether oxygens (including phenoxy) is 1. The van der Waals surface area contributed by atoms with Crippen LogP contribution in [0.3, 0.4) is 0 Å². The Morgan fingerprint density at radius 2 is 2.12 bits per heavy atom. The van der Waals surface area contributed by atoms with Gasteiger partial charge in [0, 0.05) is 0 Å². The number of carbonyl (C=O) groups is 1. The summed E-state index contributed by atoms with van der Waals surface area (Å²) in [6, 6.07) is 4.89. The van der Waals surface area contributed by atoms with Crippen molar-refractivity contribution in [3.63, 3.8) is 0 Å². The number of phenolic OH excluding ortho intramolecular Hbond substituents is 1. The van der Waals surface area contributed by atoms with E-state index >= 15 is 0 Å². The number of rotatable bonds is 5. The predicted molar refractivity (Wildman–Crippen MR) is 62.5 cm³/mol. The molecule has 1 N–H and O–H groups in total. The molecule has 0 saturated carbocycles. The third-order valence-corrected chi connectivity index (χ3v) is 2.03. The first-order valence-electron chi connectivity index (χ1n) is 4.90. The monoisotopic (exact) mass is 218 g/mol. The van der Waals surface area contributed by atoms with Gasteiger partial charge in [0.15, 0.2) is 0 Å². The van der Waals surface area contributed by atoms with Crippen LogP contribution in [0.5, 0.6) is 5.75 Å². The van der Waals surface area contributed by atoms with E-state index in [9.17, 15) is 9.90 Å². The molecule has 0 radical (unpaired) electrons. The molecule has 1 aromatic carbocycles. The van der Waals surface area contributed by atoms with Gasteiger partial charge in [0.2, 0.25) is 0 Å². The van der Waals surface area contributed by atoms with E-state index in [0.29, 0.717) is 12.0 Å². The van der Waals surface area contributed by atoms with Crippen LogP contribution in [-0.4, -0.2) is 17.7 Å². The van der Waals surface area contributed by atoms with Gasteiger partial charge in [-0.3, -0.25) is 0 Å². The van der Waals surface area contributed by atoms with Crippen molar-refractivity contribution >= 4 is 5.97 Å². The summed E-state index contributed by atoms with van der Waals surface area (Å²) in [5, 5.41) is 9.63. The van der Waals surface area contributed by atoms with E-state index in [0.717, 1.165) is 0 Å². The summed E-state index contributed by atoms with van der Waals surface area (Å²) in [5.74, 6) is -0.622. The quantitative estimate of drug-likeness (QED) is 0.610. The maximum absolute atomic E-state index is 11.7. The molecule has 0 aliphatic rings. The average Bonchev–Trinajstić information content (AvgIpc) is 2.26. The van der Waals surface area contributed by atoms with E-state index in [2.05, 4.69) is 13.2 Å². The molecule has 0 aromatic heterocycles. The number of allylic oxidation sites excluding steroid dienone is 1. The molecule has 3 nitrogen and oxygen atoms in total. The second-order valence-electron chi connectivity index (χ2n) is 3.19. The number of carbonyl (C=O) groups excluding carboxylic acids is 1. The van der Waals surface area contributed by atoms with Gasteiger partial charge in [-0.25, -0.2) is 4.79 Å². The lowest BCUT2D eigenvalue weighted by atomic mass is 10.0. The van der Waals surface area contributed by atoms with Gasteiger partial charge in [0.1, 0.15) is 17.9 Å². The molecule has 0 unspecified atom stereocenters. The van der Waals surface area contributed by atoms with Gasteiger partial charge >= 0.3 is 5.97 Å². The molecular weight excluding hydrogens is 204 g/mol. The number of aromatic hydroxyl groups is 1. The highest BCUT2D eigenvalue weighted by atomic mass is 16.5. The lowest BCUT2D eigenvalue weighted by Gasteiger charge is -2.08. The molecule has 0 aliphatic heterocycles. The van der Waals surface area contributed by atoms with Crippen molar-refractivity contribution in [3.8, 4) is 5.75 Å². The van der Waals surface area contributed by atoms with Crippen LogP contribution < -0.4 is 0 Å². The zero-order valence-corrected chi connectivity index (χ0v) is 8.98. The Balaban J connectivity index is 3.03. The molecule has 16 heavy (non-hydrogen) atoms. The van der Waals surface area contributed by atoms with Crippen LogP contribution in [0.2, 0.25) is 0 Å². The normalized spacial score (nSPS) is 9.50. The summed E-state index contributed by atoms with van der Waals surface area (Å²) in [5.41, 5.74) is 0.897. The Hall–Kier alpha value is -2.03. The minimum atomic E-state index is -0.546. The van der Waals surface area contributed by atoms with E-state index in [1.54, 1.807) is 18.2 Å². The van der Waals surface area contributed by atoms with Gasteiger partial charge in [-0.2, -0.15) is 0 Å². The topological polar surface area (TPSA) is 46.5 Å². The van der Waals surface area contributed by atoms with E-state index in [1.807, 2.05) is 0 Å². The third kappa shape index (κ3) is 2.73. The predicted octanol–water partition coefficient (Wildman–Crippen LogP) is 2.46. The fraction of sp³-hybridized carbons (Fsp3) is 0.154. The molecule has 0 bridgehead atoms. The summed E-state index contributed by atoms with van der Waals surface area (Å²) in [6.07, 6.45) is 3.65. The zero-order chi connectivity index (χ0) is 12.0. The number of hydrogen-bond donors (Lipinski definition) is 1. The van der Waals surface area contributed by atoms with E-state index in [-0.39, 0.29) is 17.9 Å². The fourth-order valence-corrected chi connectivity index (χ4v) is 1.35. The molecule has 0 amide bonds. The van der Waals surface area contributed by atoms with Crippen molar-refractivity contribution < 1.29 is 14.6 Å². The summed E-state index contributed by atoms with van der Waals surface area (Å²) in [6.45, 7) is 7.18. The fourth-order valence-electron chi connectivity index (χ4n) is 1.35. The summed E-state index contributed by atoms with van der Waals surface area (Å²) in [7, 11) is 0. The van der Waals surface area contributed by atoms with E-state index in [1.165, 1.54) is 12.1 Å². The largest absolute Gasteiger partial charge is 0.507 e. The van der Waals surface area contributed by atoms with Crippen molar-refractivity contribution in [2.45, 2.75) is 6.42 Å². The van der Waals surface area contributed by atoms with Gasteiger partial charge in [-0.15, -0.1) is 6.58 Å². The van der Waals surface area contributed by atoms with Crippen molar-refractivity contribution in [2.24, 2.45) is 0 Å². The second-order valence-corrected chi connectivity index (χ2v) is 3.19. The minimum Gasteiger partial charge on any atom is -0.507 e. The Labute approximate surface area is 94.7 Å². The van der Waals surface area contributed by atoms with Gasteiger partial charge < -0.3 is 9.84 Å². The average molecular weight is 218 g/mol. The van der Waals surface area contributed by atoms with Gasteiger partial charge in [-0.05, 0) is 18.1 Å². The smallest absolute Gasteiger partial charge is 0.342 e.